The molecule has 0 atom stereocenters. The smallest absolute Gasteiger partial charge is 0.338 e. The minimum absolute atomic E-state index is 0.140. The molecular weight excluding hydrogens is 272 g/mol. The van der Waals surface area contributed by atoms with Crippen molar-refractivity contribution < 1.29 is 23.8 Å². The van der Waals surface area contributed by atoms with E-state index in [0.717, 1.165) is 6.08 Å². The lowest BCUT2D eigenvalue weighted by atomic mass is 10.3. The van der Waals surface area contributed by atoms with Crippen LogP contribution < -0.4 is 14.2 Å². The number of carbonyl (C=O) groups is 2. The lowest BCUT2D eigenvalue weighted by molar-refractivity contribution is -0.130. The lowest BCUT2D eigenvalue weighted by Gasteiger charge is -2.15. The second-order valence-corrected chi connectivity index (χ2v) is 4.57. The molecule has 21 heavy (non-hydrogen) atoms. The summed E-state index contributed by atoms with van der Waals surface area (Å²) in [7, 11) is 0. The molecule has 1 aromatic rings. The summed E-state index contributed by atoms with van der Waals surface area (Å²) >= 11 is 0. The number of rotatable bonds is 6. The molecule has 0 aliphatic rings. The maximum Gasteiger partial charge on any atom is 0.338 e. The molecule has 112 valence electrons. The van der Waals surface area contributed by atoms with Gasteiger partial charge < -0.3 is 14.2 Å². The molecule has 5 heteroatoms. The highest BCUT2D eigenvalue weighted by Gasteiger charge is 2.13. The van der Waals surface area contributed by atoms with E-state index in [-0.39, 0.29) is 23.2 Å². The second-order valence-electron chi connectivity index (χ2n) is 4.57. The van der Waals surface area contributed by atoms with Gasteiger partial charge in [-0.1, -0.05) is 13.2 Å². The highest BCUT2D eigenvalue weighted by molar-refractivity contribution is 5.89. The second kappa shape index (κ2) is 7.28. The summed E-state index contributed by atoms with van der Waals surface area (Å²) < 4.78 is 15.7. The van der Waals surface area contributed by atoms with Crippen molar-refractivity contribution in [2.75, 3.05) is 0 Å². The molecule has 0 heterocycles. The van der Waals surface area contributed by atoms with Crippen LogP contribution in [0.25, 0.3) is 0 Å². The van der Waals surface area contributed by atoms with Gasteiger partial charge in [0.1, 0.15) is 5.75 Å². The summed E-state index contributed by atoms with van der Waals surface area (Å²) in [4.78, 5) is 22.8. The van der Waals surface area contributed by atoms with Crippen LogP contribution >= 0.6 is 0 Å². The molecule has 5 nitrogen and oxygen atoms in total. The fourth-order valence-electron chi connectivity index (χ4n) is 1.33. The molecule has 0 radical (unpaired) electrons. The summed E-state index contributed by atoms with van der Waals surface area (Å²) in [5, 5.41) is 0. The van der Waals surface area contributed by atoms with Crippen molar-refractivity contribution in [2.45, 2.75) is 26.9 Å². The van der Waals surface area contributed by atoms with Crippen LogP contribution in [0.1, 0.15) is 20.8 Å². The molecule has 0 amide bonds. The van der Waals surface area contributed by atoms with E-state index >= 15 is 0 Å². The summed E-state index contributed by atoms with van der Waals surface area (Å²) in [6.45, 7) is 12.0. The Hall–Kier alpha value is -2.56. The maximum absolute atomic E-state index is 11.5. The number of carbonyl (C=O) groups excluding carboxylic acids is 2. The number of hydrogen-bond acceptors (Lipinski definition) is 5. The Labute approximate surface area is 123 Å². The largest absolute Gasteiger partial charge is 0.487 e. The number of hydrogen-bond donors (Lipinski definition) is 0. The Morgan fingerprint density at radius 2 is 1.86 bits per heavy atom. The van der Waals surface area contributed by atoms with Gasteiger partial charge in [-0.2, -0.15) is 0 Å². The molecular formula is C16H18O5. The molecule has 0 bridgehead atoms. The Balaban J connectivity index is 3.05. The van der Waals surface area contributed by atoms with E-state index in [1.54, 1.807) is 6.92 Å². The van der Waals surface area contributed by atoms with Gasteiger partial charge in [0.25, 0.3) is 0 Å². The van der Waals surface area contributed by atoms with Crippen LogP contribution in [-0.2, 0) is 9.59 Å². The SMILES string of the molecule is C=CC(=O)Oc1ccc(OC(=O)C(=C)C)cc1OC(C)C. The molecule has 0 unspecified atom stereocenters. The van der Waals surface area contributed by atoms with E-state index < -0.39 is 11.9 Å². The normalized spacial score (nSPS) is 9.90. The molecule has 0 N–H and O–H groups in total. The number of benzene rings is 1. The highest BCUT2D eigenvalue weighted by atomic mass is 16.6. The van der Waals surface area contributed by atoms with Crippen LogP contribution in [0.15, 0.2) is 43.0 Å². The molecule has 1 rings (SSSR count). The van der Waals surface area contributed by atoms with E-state index in [9.17, 15) is 9.59 Å². The molecule has 0 saturated carbocycles. The van der Waals surface area contributed by atoms with E-state index in [1.165, 1.54) is 18.2 Å². The Bertz CT molecular complexity index is 572. The minimum Gasteiger partial charge on any atom is -0.487 e. The van der Waals surface area contributed by atoms with Gasteiger partial charge in [-0.3, -0.25) is 0 Å². The topological polar surface area (TPSA) is 61.8 Å². The molecule has 0 fully saturated rings. The third-order valence-corrected chi connectivity index (χ3v) is 2.21. The quantitative estimate of drug-likeness (QED) is 0.458. The van der Waals surface area contributed by atoms with Crippen molar-refractivity contribution in [3.05, 3.63) is 43.0 Å². The third-order valence-electron chi connectivity index (χ3n) is 2.21. The fourth-order valence-corrected chi connectivity index (χ4v) is 1.33. The maximum atomic E-state index is 11.5. The number of ether oxygens (including phenoxy) is 3. The van der Waals surface area contributed by atoms with Crippen molar-refractivity contribution in [1.82, 2.24) is 0 Å². The average Bonchev–Trinajstić information content (AvgIpc) is 2.40. The highest BCUT2D eigenvalue weighted by Crippen LogP contribution is 2.32. The van der Waals surface area contributed by atoms with Gasteiger partial charge >= 0.3 is 11.9 Å². The summed E-state index contributed by atoms with van der Waals surface area (Å²) in [6.07, 6.45) is 0.909. The molecule has 0 aliphatic carbocycles. The Morgan fingerprint density at radius 1 is 1.19 bits per heavy atom. The van der Waals surface area contributed by atoms with Crippen molar-refractivity contribution in [3.8, 4) is 17.2 Å². The first-order valence-electron chi connectivity index (χ1n) is 6.36. The molecule has 1 aromatic carbocycles. The average molecular weight is 290 g/mol. The van der Waals surface area contributed by atoms with Crippen LogP contribution in [0.3, 0.4) is 0 Å². The molecule has 0 saturated heterocycles. The van der Waals surface area contributed by atoms with E-state index in [0.29, 0.717) is 5.75 Å². The van der Waals surface area contributed by atoms with E-state index in [4.69, 9.17) is 14.2 Å². The van der Waals surface area contributed by atoms with E-state index in [2.05, 4.69) is 13.2 Å². The first-order chi connectivity index (χ1) is 9.83. The van der Waals surface area contributed by atoms with Crippen LogP contribution in [-0.4, -0.2) is 18.0 Å². The predicted molar refractivity (Wildman–Crippen MR) is 78.5 cm³/mol. The first-order valence-corrected chi connectivity index (χ1v) is 6.36. The standard InChI is InChI=1S/C16H18O5/c1-6-15(17)21-13-8-7-12(20-16(18)10(2)3)9-14(13)19-11(4)5/h6-9,11H,1-2H2,3-5H3. The Kier molecular flexibility index (Phi) is 5.72. The molecule has 0 spiro atoms. The monoisotopic (exact) mass is 290 g/mol. The van der Waals surface area contributed by atoms with Gasteiger partial charge in [-0.15, -0.1) is 0 Å². The van der Waals surface area contributed by atoms with Crippen molar-refractivity contribution in [3.63, 3.8) is 0 Å². The zero-order valence-corrected chi connectivity index (χ0v) is 12.3. The van der Waals surface area contributed by atoms with Gasteiger partial charge in [-0.25, -0.2) is 9.59 Å². The summed E-state index contributed by atoms with van der Waals surface area (Å²) in [5.41, 5.74) is 0.281. The zero-order chi connectivity index (χ0) is 16.0. The fraction of sp³-hybridized carbons (Fsp3) is 0.250. The van der Waals surface area contributed by atoms with Crippen LogP contribution in [0, 0.1) is 0 Å². The number of esters is 2. The zero-order valence-electron chi connectivity index (χ0n) is 12.3. The lowest BCUT2D eigenvalue weighted by Crippen LogP contribution is -2.11. The Morgan fingerprint density at radius 3 is 2.38 bits per heavy atom. The molecule has 0 aromatic heterocycles. The van der Waals surface area contributed by atoms with Crippen LogP contribution in [0.5, 0.6) is 17.2 Å². The minimum atomic E-state index is -0.602. The van der Waals surface area contributed by atoms with Crippen molar-refractivity contribution >= 4 is 11.9 Å². The van der Waals surface area contributed by atoms with Crippen LogP contribution in [0.2, 0.25) is 0 Å². The predicted octanol–water partition coefficient (Wildman–Crippen LogP) is 3.05. The molecule has 0 aliphatic heterocycles. The van der Waals surface area contributed by atoms with Crippen molar-refractivity contribution in [1.29, 1.82) is 0 Å². The van der Waals surface area contributed by atoms with Gasteiger partial charge in [0.15, 0.2) is 11.5 Å². The van der Waals surface area contributed by atoms with Gasteiger partial charge in [0.2, 0.25) is 0 Å². The van der Waals surface area contributed by atoms with Crippen LogP contribution in [0.4, 0.5) is 0 Å². The van der Waals surface area contributed by atoms with Gasteiger partial charge in [0.05, 0.1) is 6.10 Å². The van der Waals surface area contributed by atoms with E-state index in [1.807, 2.05) is 13.8 Å². The third kappa shape index (κ3) is 5.14. The first kappa shape index (κ1) is 16.5. The van der Waals surface area contributed by atoms with Crippen molar-refractivity contribution in [2.24, 2.45) is 0 Å². The summed E-state index contributed by atoms with van der Waals surface area (Å²) in [6, 6.07) is 4.46. The summed E-state index contributed by atoms with van der Waals surface area (Å²) in [5.74, 6) is -0.343. The van der Waals surface area contributed by atoms with Gasteiger partial charge in [-0.05, 0) is 32.9 Å². The van der Waals surface area contributed by atoms with Gasteiger partial charge in [0, 0.05) is 17.7 Å².